The van der Waals surface area contributed by atoms with E-state index in [0.29, 0.717) is 29.5 Å². The highest BCUT2D eigenvalue weighted by molar-refractivity contribution is 5.92. The second kappa shape index (κ2) is 2.95. The van der Waals surface area contributed by atoms with Crippen LogP contribution < -0.4 is 0 Å². The van der Waals surface area contributed by atoms with Gasteiger partial charge in [-0.2, -0.15) is 0 Å². The number of hydrogen-bond donors (Lipinski definition) is 0. The molecule has 2 bridgehead atoms. The van der Waals surface area contributed by atoms with Crippen LogP contribution in [-0.4, -0.2) is 23.5 Å². The second-order valence-electron chi connectivity index (χ2n) is 7.13. The lowest BCUT2D eigenvalue weighted by Crippen LogP contribution is -2.61. The molecule has 0 saturated heterocycles. The highest BCUT2D eigenvalue weighted by Crippen LogP contribution is 2.84. The van der Waals surface area contributed by atoms with E-state index in [9.17, 15) is 14.4 Å². The van der Waals surface area contributed by atoms with E-state index < -0.39 is 17.7 Å². The molecular formula is C15H16O5. The van der Waals surface area contributed by atoms with Gasteiger partial charge in [-0.05, 0) is 30.1 Å². The van der Waals surface area contributed by atoms with Crippen molar-refractivity contribution in [2.24, 2.45) is 47.3 Å². The number of fused-ring (bicyclic) bond motifs is 2. The average Bonchev–Trinajstić information content (AvgIpc) is 2.77. The summed E-state index contributed by atoms with van der Waals surface area (Å²) in [6.45, 7) is 2.70. The molecule has 5 heteroatoms. The maximum Gasteiger partial charge on any atom is 0.305 e. The predicted molar refractivity (Wildman–Crippen MR) is 63.8 cm³/mol. The third kappa shape index (κ3) is 0.860. The number of carbonyl (C=O) groups excluding carboxylic acids is 3. The summed E-state index contributed by atoms with van der Waals surface area (Å²) in [5, 5.41) is 0. The molecule has 5 fully saturated rings. The SMILES string of the molecule is CC(=O)OC1(OC(C)=O)[C@@H]2[C@@H]3C[C@@H]4[C@@H]2C(=O)[C@@H]2[C@@H]4[C@@H]3[C@@H]21. The van der Waals surface area contributed by atoms with Crippen molar-refractivity contribution in [3.63, 3.8) is 0 Å². The van der Waals surface area contributed by atoms with Gasteiger partial charge in [0.2, 0.25) is 0 Å². The molecule has 0 heterocycles. The zero-order valence-electron chi connectivity index (χ0n) is 11.4. The number of hydrogen-bond acceptors (Lipinski definition) is 5. The molecule has 0 aromatic heterocycles. The Morgan fingerprint density at radius 2 is 1.65 bits per heavy atom. The molecule has 5 nitrogen and oxygen atoms in total. The lowest BCUT2D eigenvalue weighted by Gasteiger charge is -2.50. The smallest absolute Gasteiger partial charge is 0.305 e. The highest BCUT2D eigenvalue weighted by atomic mass is 16.7. The molecule has 5 rings (SSSR count). The molecule has 0 aromatic carbocycles. The molecule has 0 spiro atoms. The van der Waals surface area contributed by atoms with Crippen LogP contribution >= 0.6 is 0 Å². The fourth-order valence-corrected chi connectivity index (χ4v) is 6.86. The first-order chi connectivity index (χ1) is 9.47. The molecule has 5 saturated carbocycles. The normalized spacial score (nSPS) is 54.2. The van der Waals surface area contributed by atoms with Crippen LogP contribution in [-0.2, 0) is 23.9 Å². The van der Waals surface area contributed by atoms with Gasteiger partial charge in [0.05, 0.1) is 5.92 Å². The first-order valence-electron chi connectivity index (χ1n) is 7.40. The molecule has 0 N–H and O–H groups in total. The standard InChI is InChI=1S/C15H16O5/c1-4(16)19-15(20-5(2)17)12-7-3-6-8-9(7)13(15)11(8)14(18)10(6)12/h6-13H,3H2,1-2H3/t6-,7+,8-,9+,10-,11+,12+,13-/m0/s1. The van der Waals surface area contributed by atoms with Gasteiger partial charge in [-0.15, -0.1) is 0 Å². The molecule has 0 radical (unpaired) electrons. The molecule has 8 atom stereocenters. The van der Waals surface area contributed by atoms with Crippen molar-refractivity contribution in [1.29, 1.82) is 0 Å². The van der Waals surface area contributed by atoms with Crippen molar-refractivity contribution in [1.82, 2.24) is 0 Å². The van der Waals surface area contributed by atoms with E-state index in [1.54, 1.807) is 0 Å². The molecule has 20 heavy (non-hydrogen) atoms. The average molecular weight is 276 g/mol. The summed E-state index contributed by atoms with van der Waals surface area (Å²) < 4.78 is 11.2. The van der Waals surface area contributed by atoms with Gasteiger partial charge in [-0.1, -0.05) is 0 Å². The Morgan fingerprint density at radius 1 is 1.00 bits per heavy atom. The van der Waals surface area contributed by atoms with Crippen molar-refractivity contribution in [2.45, 2.75) is 26.1 Å². The zero-order chi connectivity index (χ0) is 14.0. The number of ketones is 1. The minimum absolute atomic E-state index is 0.0301. The Labute approximate surface area is 116 Å². The molecule has 0 aliphatic heterocycles. The predicted octanol–water partition coefficient (Wildman–Crippen LogP) is 0.766. The largest absolute Gasteiger partial charge is 0.422 e. The molecule has 0 aromatic rings. The molecule has 5 aliphatic carbocycles. The molecule has 0 amide bonds. The number of rotatable bonds is 2. The molecular weight excluding hydrogens is 260 g/mol. The molecule has 5 aliphatic rings. The maximum atomic E-state index is 12.5. The van der Waals surface area contributed by atoms with E-state index in [4.69, 9.17) is 9.47 Å². The fourth-order valence-electron chi connectivity index (χ4n) is 6.86. The second-order valence-corrected chi connectivity index (χ2v) is 7.13. The highest BCUT2D eigenvalue weighted by Gasteiger charge is 2.90. The van der Waals surface area contributed by atoms with Crippen molar-refractivity contribution >= 4 is 17.7 Å². The van der Waals surface area contributed by atoms with Crippen LogP contribution in [0.2, 0.25) is 0 Å². The van der Waals surface area contributed by atoms with E-state index in [1.165, 1.54) is 13.8 Å². The lowest BCUT2D eigenvalue weighted by atomic mass is 9.58. The van der Waals surface area contributed by atoms with Crippen molar-refractivity contribution < 1.29 is 23.9 Å². The van der Waals surface area contributed by atoms with Crippen molar-refractivity contribution in [2.75, 3.05) is 0 Å². The number of carbonyl (C=O) groups is 3. The van der Waals surface area contributed by atoms with Gasteiger partial charge in [-0.25, -0.2) is 0 Å². The van der Waals surface area contributed by atoms with Gasteiger partial charge in [0, 0.05) is 31.6 Å². The van der Waals surface area contributed by atoms with Gasteiger partial charge in [-0.3, -0.25) is 14.4 Å². The Hall–Kier alpha value is -1.39. The molecule has 0 unspecified atom stereocenters. The number of esters is 2. The van der Waals surface area contributed by atoms with Crippen LogP contribution in [0.5, 0.6) is 0 Å². The summed E-state index contributed by atoms with van der Waals surface area (Å²) in [6, 6.07) is 0. The monoisotopic (exact) mass is 276 g/mol. The Bertz CT molecular complexity index is 565. The van der Waals surface area contributed by atoms with Crippen molar-refractivity contribution in [3.05, 3.63) is 0 Å². The summed E-state index contributed by atoms with van der Waals surface area (Å²) in [5.74, 6) is -0.108. The first-order valence-corrected chi connectivity index (χ1v) is 7.40. The Balaban J connectivity index is 1.67. The third-order valence-electron chi connectivity index (χ3n) is 6.70. The summed E-state index contributed by atoms with van der Waals surface area (Å²) >= 11 is 0. The summed E-state index contributed by atoms with van der Waals surface area (Å²) in [5.41, 5.74) is 0. The van der Waals surface area contributed by atoms with Crippen LogP contribution in [0.1, 0.15) is 20.3 Å². The topological polar surface area (TPSA) is 69.7 Å². The van der Waals surface area contributed by atoms with Crippen molar-refractivity contribution in [3.8, 4) is 0 Å². The summed E-state index contributed by atoms with van der Waals surface area (Å²) in [6.07, 6.45) is 1.05. The minimum atomic E-state index is -1.14. The van der Waals surface area contributed by atoms with Crippen LogP contribution in [0.3, 0.4) is 0 Å². The van der Waals surface area contributed by atoms with Gasteiger partial charge in [0.25, 0.3) is 5.79 Å². The number of Topliss-reactive ketones (excluding diaryl/α,β-unsaturated/α-hetero) is 1. The van der Waals surface area contributed by atoms with Gasteiger partial charge < -0.3 is 9.47 Å². The minimum Gasteiger partial charge on any atom is -0.422 e. The van der Waals surface area contributed by atoms with E-state index in [0.717, 1.165) is 6.42 Å². The quantitative estimate of drug-likeness (QED) is 0.550. The Morgan fingerprint density at radius 3 is 2.25 bits per heavy atom. The fraction of sp³-hybridized carbons (Fsp3) is 0.800. The molecule has 106 valence electrons. The first kappa shape index (κ1) is 11.3. The van der Waals surface area contributed by atoms with E-state index in [1.807, 2.05) is 0 Å². The Kier molecular flexibility index (Phi) is 1.66. The van der Waals surface area contributed by atoms with Crippen LogP contribution in [0.15, 0.2) is 0 Å². The summed E-state index contributed by atoms with van der Waals surface area (Å²) in [7, 11) is 0. The van der Waals surface area contributed by atoms with Gasteiger partial charge in [0.1, 0.15) is 5.78 Å². The summed E-state index contributed by atoms with van der Waals surface area (Å²) in [4.78, 5) is 35.6. The van der Waals surface area contributed by atoms with Gasteiger partial charge >= 0.3 is 11.9 Å². The van der Waals surface area contributed by atoms with Crippen LogP contribution in [0.25, 0.3) is 0 Å². The maximum absolute atomic E-state index is 12.5. The number of ether oxygens (including phenoxy) is 2. The van der Waals surface area contributed by atoms with Crippen LogP contribution in [0.4, 0.5) is 0 Å². The van der Waals surface area contributed by atoms with E-state index in [-0.39, 0.29) is 23.7 Å². The van der Waals surface area contributed by atoms with Crippen LogP contribution in [0, 0.1) is 47.3 Å². The van der Waals surface area contributed by atoms with E-state index in [2.05, 4.69) is 0 Å². The van der Waals surface area contributed by atoms with Gasteiger partial charge in [0.15, 0.2) is 0 Å². The lowest BCUT2D eigenvalue weighted by molar-refractivity contribution is -0.280. The third-order valence-corrected chi connectivity index (χ3v) is 6.70. The van der Waals surface area contributed by atoms with E-state index >= 15 is 0 Å². The zero-order valence-corrected chi connectivity index (χ0v) is 11.4.